The summed E-state index contributed by atoms with van der Waals surface area (Å²) in [5, 5.41) is 3.14. The molecule has 0 heterocycles. The molecule has 0 aromatic rings. The lowest BCUT2D eigenvalue weighted by Crippen LogP contribution is -2.53. The molecule has 0 aromatic heterocycles. The topological polar surface area (TPSA) is 55.1 Å². The maximum Gasteiger partial charge on any atom is 0.220 e. The van der Waals surface area contributed by atoms with Crippen LogP contribution in [0.3, 0.4) is 0 Å². The molecule has 1 aliphatic carbocycles. The van der Waals surface area contributed by atoms with E-state index in [0.717, 1.165) is 12.8 Å². The summed E-state index contributed by atoms with van der Waals surface area (Å²) in [6.07, 6.45) is 7.56. The standard InChI is InChI=1S/C13H26N2O/c1-3-13(4-2,10-14)15-12(16)9-11-7-5-6-8-11/h11H,3-10,14H2,1-2H3,(H,15,16). The predicted molar refractivity (Wildman–Crippen MR) is 67.1 cm³/mol. The molecule has 1 aliphatic rings. The van der Waals surface area contributed by atoms with E-state index in [1.165, 1.54) is 25.7 Å². The Balaban J connectivity index is 2.41. The van der Waals surface area contributed by atoms with Crippen LogP contribution in [0.25, 0.3) is 0 Å². The van der Waals surface area contributed by atoms with Gasteiger partial charge in [-0.3, -0.25) is 4.79 Å². The van der Waals surface area contributed by atoms with Gasteiger partial charge in [0, 0.05) is 13.0 Å². The van der Waals surface area contributed by atoms with Crippen LogP contribution in [-0.2, 0) is 4.79 Å². The monoisotopic (exact) mass is 226 g/mol. The SMILES string of the molecule is CCC(CC)(CN)NC(=O)CC1CCCC1. The van der Waals surface area contributed by atoms with Crippen LogP contribution < -0.4 is 11.1 Å². The minimum atomic E-state index is -0.171. The quantitative estimate of drug-likeness (QED) is 0.729. The van der Waals surface area contributed by atoms with Gasteiger partial charge in [-0.15, -0.1) is 0 Å². The molecule has 16 heavy (non-hydrogen) atoms. The van der Waals surface area contributed by atoms with Crippen LogP contribution in [0.4, 0.5) is 0 Å². The van der Waals surface area contributed by atoms with E-state index in [2.05, 4.69) is 19.2 Å². The molecule has 1 amide bonds. The van der Waals surface area contributed by atoms with Gasteiger partial charge in [0.2, 0.25) is 5.91 Å². The minimum absolute atomic E-state index is 0.171. The van der Waals surface area contributed by atoms with E-state index in [0.29, 0.717) is 18.9 Å². The molecule has 3 N–H and O–H groups in total. The molecule has 0 saturated heterocycles. The lowest BCUT2D eigenvalue weighted by atomic mass is 9.92. The largest absolute Gasteiger partial charge is 0.349 e. The normalized spacial score (nSPS) is 17.7. The average molecular weight is 226 g/mol. The maximum atomic E-state index is 11.9. The number of carbonyl (C=O) groups excluding carboxylic acids is 1. The third-order valence-corrected chi connectivity index (χ3v) is 4.10. The summed E-state index contributed by atoms with van der Waals surface area (Å²) in [6, 6.07) is 0. The zero-order chi connectivity index (χ0) is 12.0. The van der Waals surface area contributed by atoms with Crippen molar-refractivity contribution in [2.24, 2.45) is 11.7 Å². The zero-order valence-electron chi connectivity index (χ0n) is 10.7. The van der Waals surface area contributed by atoms with Gasteiger partial charge in [0.1, 0.15) is 0 Å². The van der Waals surface area contributed by atoms with Gasteiger partial charge in [0.05, 0.1) is 5.54 Å². The third-order valence-electron chi connectivity index (χ3n) is 4.10. The lowest BCUT2D eigenvalue weighted by Gasteiger charge is -2.32. The lowest BCUT2D eigenvalue weighted by molar-refractivity contribution is -0.124. The van der Waals surface area contributed by atoms with Crippen LogP contribution >= 0.6 is 0 Å². The zero-order valence-corrected chi connectivity index (χ0v) is 10.7. The van der Waals surface area contributed by atoms with Gasteiger partial charge in [-0.1, -0.05) is 26.7 Å². The summed E-state index contributed by atoms with van der Waals surface area (Å²) >= 11 is 0. The second-order valence-electron chi connectivity index (χ2n) is 5.09. The molecular weight excluding hydrogens is 200 g/mol. The Hall–Kier alpha value is -0.570. The highest BCUT2D eigenvalue weighted by molar-refractivity contribution is 5.77. The number of amides is 1. The maximum absolute atomic E-state index is 11.9. The number of carbonyl (C=O) groups is 1. The van der Waals surface area contributed by atoms with Gasteiger partial charge in [0.15, 0.2) is 0 Å². The number of hydrogen-bond acceptors (Lipinski definition) is 2. The molecule has 1 saturated carbocycles. The average Bonchev–Trinajstić information content (AvgIpc) is 2.79. The fourth-order valence-corrected chi connectivity index (χ4v) is 2.59. The fourth-order valence-electron chi connectivity index (χ4n) is 2.59. The molecule has 3 nitrogen and oxygen atoms in total. The van der Waals surface area contributed by atoms with E-state index in [4.69, 9.17) is 5.73 Å². The van der Waals surface area contributed by atoms with Gasteiger partial charge >= 0.3 is 0 Å². The molecule has 0 radical (unpaired) electrons. The Morgan fingerprint density at radius 1 is 1.31 bits per heavy atom. The van der Waals surface area contributed by atoms with E-state index in [-0.39, 0.29) is 11.4 Å². The van der Waals surface area contributed by atoms with Crippen molar-refractivity contribution in [2.45, 2.75) is 64.3 Å². The molecule has 1 fully saturated rings. The summed E-state index contributed by atoms with van der Waals surface area (Å²) in [5.41, 5.74) is 5.60. The van der Waals surface area contributed by atoms with Crippen LogP contribution in [0, 0.1) is 5.92 Å². The van der Waals surface area contributed by atoms with Crippen LogP contribution in [0.1, 0.15) is 58.8 Å². The molecule has 0 aromatic carbocycles. The van der Waals surface area contributed by atoms with Crippen molar-refractivity contribution in [1.82, 2.24) is 5.32 Å². The van der Waals surface area contributed by atoms with E-state index in [1.807, 2.05) is 0 Å². The highest BCUT2D eigenvalue weighted by atomic mass is 16.1. The molecule has 3 heteroatoms. The van der Waals surface area contributed by atoms with Gasteiger partial charge in [0.25, 0.3) is 0 Å². The van der Waals surface area contributed by atoms with Gasteiger partial charge in [-0.2, -0.15) is 0 Å². The Bertz CT molecular complexity index is 210. The number of rotatable bonds is 6. The van der Waals surface area contributed by atoms with E-state index in [9.17, 15) is 4.79 Å². The van der Waals surface area contributed by atoms with Crippen molar-refractivity contribution in [2.75, 3.05) is 6.54 Å². The van der Waals surface area contributed by atoms with Crippen molar-refractivity contribution in [3.63, 3.8) is 0 Å². The van der Waals surface area contributed by atoms with Crippen molar-refractivity contribution in [1.29, 1.82) is 0 Å². The number of hydrogen-bond donors (Lipinski definition) is 2. The molecule has 0 atom stereocenters. The predicted octanol–water partition coefficient (Wildman–Crippen LogP) is 2.20. The van der Waals surface area contributed by atoms with Crippen LogP contribution in [-0.4, -0.2) is 18.0 Å². The van der Waals surface area contributed by atoms with Gasteiger partial charge in [-0.05, 0) is 31.6 Å². The number of nitrogens with one attached hydrogen (secondary N) is 1. The van der Waals surface area contributed by atoms with Crippen molar-refractivity contribution < 1.29 is 4.79 Å². The smallest absolute Gasteiger partial charge is 0.220 e. The van der Waals surface area contributed by atoms with Crippen LogP contribution in [0.15, 0.2) is 0 Å². The van der Waals surface area contributed by atoms with Gasteiger partial charge in [-0.25, -0.2) is 0 Å². The highest BCUT2D eigenvalue weighted by Crippen LogP contribution is 2.27. The van der Waals surface area contributed by atoms with Crippen LogP contribution in [0.5, 0.6) is 0 Å². The Morgan fingerprint density at radius 3 is 2.31 bits per heavy atom. The molecule has 0 spiro atoms. The van der Waals surface area contributed by atoms with Gasteiger partial charge < -0.3 is 11.1 Å². The Morgan fingerprint density at radius 2 is 1.88 bits per heavy atom. The second-order valence-corrected chi connectivity index (χ2v) is 5.09. The van der Waals surface area contributed by atoms with Crippen molar-refractivity contribution in [3.8, 4) is 0 Å². The first kappa shape index (κ1) is 13.5. The minimum Gasteiger partial charge on any atom is -0.349 e. The van der Waals surface area contributed by atoms with E-state index in [1.54, 1.807) is 0 Å². The molecule has 0 bridgehead atoms. The molecule has 94 valence electrons. The molecular formula is C13H26N2O. The second kappa shape index (κ2) is 6.24. The first-order valence-electron chi connectivity index (χ1n) is 6.67. The van der Waals surface area contributed by atoms with Crippen molar-refractivity contribution >= 4 is 5.91 Å². The summed E-state index contributed by atoms with van der Waals surface area (Å²) in [5.74, 6) is 0.810. The fraction of sp³-hybridized carbons (Fsp3) is 0.923. The Kier molecular flexibility index (Phi) is 5.26. The summed E-state index contributed by atoms with van der Waals surface area (Å²) in [6.45, 7) is 4.72. The van der Waals surface area contributed by atoms with Crippen LogP contribution in [0.2, 0.25) is 0 Å². The highest BCUT2D eigenvalue weighted by Gasteiger charge is 2.27. The first-order valence-corrected chi connectivity index (χ1v) is 6.67. The summed E-state index contributed by atoms with van der Waals surface area (Å²) in [7, 11) is 0. The third kappa shape index (κ3) is 3.48. The summed E-state index contributed by atoms with van der Waals surface area (Å²) in [4.78, 5) is 11.9. The first-order chi connectivity index (χ1) is 7.65. The summed E-state index contributed by atoms with van der Waals surface area (Å²) < 4.78 is 0. The molecule has 0 aliphatic heterocycles. The Labute approximate surface area is 99.2 Å². The molecule has 1 rings (SSSR count). The van der Waals surface area contributed by atoms with E-state index < -0.39 is 0 Å². The molecule has 0 unspecified atom stereocenters. The van der Waals surface area contributed by atoms with Crippen molar-refractivity contribution in [3.05, 3.63) is 0 Å². The van der Waals surface area contributed by atoms with E-state index >= 15 is 0 Å². The number of nitrogens with two attached hydrogens (primary N) is 1.